The molecule has 24 heavy (non-hydrogen) atoms. The van der Waals surface area contributed by atoms with Crippen LogP contribution in [0.4, 0.5) is 5.69 Å². The van der Waals surface area contributed by atoms with Crippen LogP contribution in [0.3, 0.4) is 0 Å². The Morgan fingerprint density at radius 3 is 2.33 bits per heavy atom. The molecule has 2 aromatic carbocycles. The van der Waals surface area contributed by atoms with Crippen LogP contribution in [0, 0.1) is 11.3 Å². The van der Waals surface area contributed by atoms with Crippen LogP contribution in [0.5, 0.6) is 5.75 Å². The smallest absolute Gasteiger partial charge is 0.262 e. The number of nitrogens with zero attached hydrogens (tertiary/aromatic N) is 1. The molecule has 0 heterocycles. The number of hydrogen-bond donors (Lipinski definition) is 1. The van der Waals surface area contributed by atoms with Crippen LogP contribution in [0.25, 0.3) is 0 Å². The lowest BCUT2D eigenvalue weighted by Gasteiger charge is -2.08. The lowest BCUT2D eigenvalue weighted by molar-refractivity contribution is -0.118. The first-order chi connectivity index (χ1) is 11.6. The van der Waals surface area contributed by atoms with Gasteiger partial charge in [-0.3, -0.25) is 4.79 Å². The minimum atomic E-state index is -0.277. The van der Waals surface area contributed by atoms with Crippen LogP contribution in [0.1, 0.15) is 24.5 Å². The molecule has 0 unspecified atom stereocenters. The number of amides is 1. The summed E-state index contributed by atoms with van der Waals surface area (Å²) >= 11 is 0. The van der Waals surface area contributed by atoms with Crippen molar-refractivity contribution in [1.29, 1.82) is 5.26 Å². The van der Waals surface area contributed by atoms with Gasteiger partial charge >= 0.3 is 0 Å². The van der Waals surface area contributed by atoms with Crippen LogP contribution in [-0.2, 0) is 16.0 Å². The van der Waals surface area contributed by atoms with Crippen molar-refractivity contribution in [1.82, 2.24) is 0 Å². The number of benzene rings is 2. The maximum absolute atomic E-state index is 11.8. The molecular formula is C19H18N2O3. The molecule has 0 atom stereocenters. The van der Waals surface area contributed by atoms with Gasteiger partial charge in [0.2, 0.25) is 0 Å². The number of nitriles is 1. The number of hydrogen-bond acceptors (Lipinski definition) is 4. The molecule has 0 bridgehead atoms. The molecule has 0 spiro atoms. The average Bonchev–Trinajstić information content (AvgIpc) is 2.59. The molecule has 0 saturated carbocycles. The van der Waals surface area contributed by atoms with Gasteiger partial charge in [-0.05, 0) is 55.3 Å². The normalized spacial score (nSPS) is 9.83. The zero-order chi connectivity index (χ0) is 17.4. The number of ketones is 1. The van der Waals surface area contributed by atoms with Crippen LogP contribution in [-0.4, -0.2) is 18.3 Å². The van der Waals surface area contributed by atoms with E-state index in [9.17, 15) is 9.59 Å². The van der Waals surface area contributed by atoms with Crippen molar-refractivity contribution in [3.8, 4) is 11.8 Å². The SMILES string of the molecule is CC(=O)CCc1ccc(OCC(=O)Nc2ccc(C#N)cc2)cc1. The maximum Gasteiger partial charge on any atom is 0.262 e. The largest absolute Gasteiger partial charge is 0.484 e. The van der Waals surface area contributed by atoms with Crippen LogP contribution < -0.4 is 10.1 Å². The summed E-state index contributed by atoms with van der Waals surface area (Å²) in [5.41, 5.74) is 2.20. The molecule has 122 valence electrons. The highest BCUT2D eigenvalue weighted by atomic mass is 16.5. The Balaban J connectivity index is 1.80. The van der Waals surface area contributed by atoms with E-state index in [4.69, 9.17) is 10.00 Å². The fraction of sp³-hybridized carbons (Fsp3) is 0.211. The molecule has 1 N–H and O–H groups in total. The Kier molecular flexibility index (Phi) is 6.09. The third-order valence-electron chi connectivity index (χ3n) is 3.36. The molecular weight excluding hydrogens is 304 g/mol. The highest BCUT2D eigenvalue weighted by Gasteiger charge is 2.04. The number of aryl methyl sites for hydroxylation is 1. The topological polar surface area (TPSA) is 79.2 Å². The number of carbonyl (C=O) groups excluding carboxylic acids is 2. The lowest BCUT2D eigenvalue weighted by Crippen LogP contribution is -2.20. The minimum absolute atomic E-state index is 0.104. The van der Waals surface area contributed by atoms with E-state index in [1.807, 2.05) is 18.2 Å². The summed E-state index contributed by atoms with van der Waals surface area (Å²) < 4.78 is 5.43. The molecule has 0 aromatic heterocycles. The van der Waals surface area contributed by atoms with Gasteiger partial charge in [0.05, 0.1) is 11.6 Å². The van der Waals surface area contributed by atoms with Gasteiger partial charge in [0, 0.05) is 12.1 Å². The predicted octanol–water partition coefficient (Wildman–Crippen LogP) is 3.10. The standard InChI is InChI=1S/C19H18N2O3/c1-14(22)2-3-15-6-10-18(11-7-15)24-13-19(23)21-17-8-4-16(12-20)5-9-17/h4-11H,2-3,13H2,1H3,(H,21,23). The van der Waals surface area contributed by atoms with Crippen molar-refractivity contribution in [2.75, 3.05) is 11.9 Å². The van der Waals surface area contributed by atoms with Crippen LogP contribution >= 0.6 is 0 Å². The quantitative estimate of drug-likeness (QED) is 0.849. The molecule has 2 aromatic rings. The van der Waals surface area contributed by atoms with Crippen molar-refractivity contribution in [3.05, 3.63) is 59.7 Å². The Morgan fingerprint density at radius 1 is 1.08 bits per heavy atom. The summed E-state index contributed by atoms with van der Waals surface area (Å²) in [6, 6.07) is 16.0. The number of ether oxygens (including phenoxy) is 1. The van der Waals surface area contributed by atoms with Gasteiger partial charge in [-0.1, -0.05) is 12.1 Å². The van der Waals surface area contributed by atoms with Gasteiger partial charge in [-0.15, -0.1) is 0 Å². The second-order valence-corrected chi connectivity index (χ2v) is 5.37. The van der Waals surface area contributed by atoms with E-state index in [1.165, 1.54) is 0 Å². The fourth-order valence-electron chi connectivity index (χ4n) is 2.05. The molecule has 2 rings (SSSR count). The Morgan fingerprint density at radius 2 is 1.75 bits per heavy atom. The molecule has 0 aliphatic carbocycles. The second kappa shape index (κ2) is 8.49. The summed E-state index contributed by atoms with van der Waals surface area (Å²) in [6.45, 7) is 1.47. The molecule has 0 fully saturated rings. The van der Waals surface area contributed by atoms with Crippen LogP contribution in [0.2, 0.25) is 0 Å². The van der Waals surface area contributed by atoms with Crippen molar-refractivity contribution >= 4 is 17.4 Å². The van der Waals surface area contributed by atoms with E-state index in [0.29, 0.717) is 29.8 Å². The van der Waals surface area contributed by atoms with E-state index in [2.05, 4.69) is 5.32 Å². The van der Waals surface area contributed by atoms with E-state index in [1.54, 1.807) is 43.3 Å². The van der Waals surface area contributed by atoms with Gasteiger partial charge in [-0.2, -0.15) is 5.26 Å². The molecule has 5 nitrogen and oxygen atoms in total. The Labute approximate surface area is 140 Å². The van der Waals surface area contributed by atoms with E-state index < -0.39 is 0 Å². The maximum atomic E-state index is 11.8. The molecule has 0 radical (unpaired) electrons. The number of anilines is 1. The van der Waals surface area contributed by atoms with Crippen molar-refractivity contribution < 1.29 is 14.3 Å². The highest BCUT2D eigenvalue weighted by molar-refractivity contribution is 5.91. The van der Waals surface area contributed by atoms with Gasteiger partial charge in [-0.25, -0.2) is 0 Å². The van der Waals surface area contributed by atoms with E-state index in [-0.39, 0.29) is 18.3 Å². The van der Waals surface area contributed by atoms with E-state index in [0.717, 1.165) is 5.56 Å². The first kappa shape index (κ1) is 17.2. The zero-order valence-corrected chi connectivity index (χ0v) is 13.4. The summed E-state index contributed by atoms with van der Waals surface area (Å²) in [5.74, 6) is 0.478. The molecule has 0 saturated heterocycles. The van der Waals surface area contributed by atoms with Crippen molar-refractivity contribution in [2.24, 2.45) is 0 Å². The van der Waals surface area contributed by atoms with Gasteiger partial charge in [0.25, 0.3) is 5.91 Å². The van der Waals surface area contributed by atoms with Gasteiger partial charge in [0.15, 0.2) is 6.61 Å². The third kappa shape index (κ3) is 5.58. The highest BCUT2D eigenvalue weighted by Crippen LogP contribution is 2.14. The average molecular weight is 322 g/mol. The fourth-order valence-corrected chi connectivity index (χ4v) is 2.05. The Bertz CT molecular complexity index is 744. The van der Waals surface area contributed by atoms with Crippen LogP contribution in [0.15, 0.2) is 48.5 Å². The first-order valence-electron chi connectivity index (χ1n) is 7.58. The number of carbonyl (C=O) groups is 2. The monoisotopic (exact) mass is 322 g/mol. The second-order valence-electron chi connectivity index (χ2n) is 5.37. The molecule has 1 amide bonds. The van der Waals surface area contributed by atoms with Crippen molar-refractivity contribution in [3.63, 3.8) is 0 Å². The predicted molar refractivity (Wildman–Crippen MR) is 90.7 cm³/mol. The summed E-state index contributed by atoms with van der Waals surface area (Å²) in [5, 5.41) is 11.4. The first-order valence-corrected chi connectivity index (χ1v) is 7.58. The Hall–Kier alpha value is -3.13. The summed E-state index contributed by atoms with van der Waals surface area (Å²) in [4.78, 5) is 22.8. The minimum Gasteiger partial charge on any atom is -0.484 e. The molecule has 5 heteroatoms. The van der Waals surface area contributed by atoms with Crippen molar-refractivity contribution in [2.45, 2.75) is 19.8 Å². The summed E-state index contributed by atoms with van der Waals surface area (Å²) in [6.07, 6.45) is 1.22. The third-order valence-corrected chi connectivity index (χ3v) is 3.36. The molecule has 0 aliphatic rings. The number of Topliss-reactive ketones (excluding diaryl/α,β-unsaturated/α-hetero) is 1. The zero-order valence-electron chi connectivity index (χ0n) is 13.4. The van der Waals surface area contributed by atoms with Gasteiger partial charge < -0.3 is 14.8 Å². The number of rotatable bonds is 7. The lowest BCUT2D eigenvalue weighted by atomic mass is 10.1. The summed E-state index contributed by atoms with van der Waals surface area (Å²) in [7, 11) is 0. The van der Waals surface area contributed by atoms with E-state index >= 15 is 0 Å². The van der Waals surface area contributed by atoms with Gasteiger partial charge in [0.1, 0.15) is 11.5 Å². The molecule has 0 aliphatic heterocycles. The number of nitrogens with one attached hydrogen (secondary N) is 1.